The van der Waals surface area contributed by atoms with Crippen molar-refractivity contribution in [1.82, 2.24) is 29.3 Å². The second-order valence-electron chi connectivity index (χ2n) is 15.5. The number of halogens is 1. The van der Waals surface area contributed by atoms with E-state index in [1.165, 1.54) is 23.2 Å². The van der Waals surface area contributed by atoms with Crippen molar-refractivity contribution in [2.45, 2.75) is 95.7 Å². The number of rotatable bonds is 8. The number of ether oxygens (including phenoxy) is 1. The smallest absolute Gasteiger partial charge is 0.350 e. The molecule has 0 spiro atoms. The average molecular weight is 650 g/mol. The maximum absolute atomic E-state index is 14.4. The van der Waals surface area contributed by atoms with Crippen molar-refractivity contribution in [3.63, 3.8) is 0 Å². The summed E-state index contributed by atoms with van der Waals surface area (Å²) in [6.07, 6.45) is 3.01. The van der Waals surface area contributed by atoms with E-state index >= 15 is 0 Å². The molecule has 0 radical (unpaired) electrons. The molecule has 2 unspecified atom stereocenters. The number of piperazine rings is 1. The van der Waals surface area contributed by atoms with Gasteiger partial charge in [0.25, 0.3) is 0 Å². The summed E-state index contributed by atoms with van der Waals surface area (Å²) in [6.45, 7) is 14.5. The number of pyridine rings is 1. The highest BCUT2D eigenvalue weighted by molar-refractivity contribution is 5.98. The van der Waals surface area contributed by atoms with Crippen LogP contribution in [0.5, 0.6) is 0 Å². The van der Waals surface area contributed by atoms with Crippen LogP contribution in [0.4, 0.5) is 10.1 Å². The average Bonchev–Trinajstić information content (AvgIpc) is 3.47. The van der Waals surface area contributed by atoms with Crippen LogP contribution in [0.1, 0.15) is 64.3 Å². The molecular weight excluding hydrogens is 601 g/mol. The number of morpholine rings is 1. The molecule has 1 aromatic carbocycles. The van der Waals surface area contributed by atoms with Crippen molar-refractivity contribution in [3.05, 3.63) is 63.5 Å². The summed E-state index contributed by atoms with van der Waals surface area (Å²) in [7, 11) is 0. The molecule has 8 rings (SSSR count). The Hall–Kier alpha value is -3.16. The normalized spacial score (nSPS) is 26.3. The summed E-state index contributed by atoms with van der Waals surface area (Å²) in [4.78, 5) is 35.1. The first-order chi connectivity index (χ1) is 22.3. The van der Waals surface area contributed by atoms with Gasteiger partial charge in [0.05, 0.1) is 42.8 Å². The van der Waals surface area contributed by atoms with Crippen molar-refractivity contribution < 1.29 is 19.0 Å². The molecule has 254 valence electrons. The topological polar surface area (TPSA) is 108 Å². The third-order valence-corrected chi connectivity index (χ3v) is 10.3. The number of nitrogens with one attached hydrogen (secondary N) is 1. The highest BCUT2D eigenvalue weighted by Gasteiger charge is 2.43. The standard InChI is InChI=1S/C35H48FN7O4/c1-22-15-39(27(14-37-22)16-40-17-28-11-10-26(40)19-47-28)18-30(44)41-20-34(2,3)31-29(41)13-24(12-23-6-8-25(36)9-7-23)32-38-42(21-35(4,5)46)33(45)43(31)32/h6-9,13,22,26-28,37,46H,10-12,14-21H2,1-5H3/t22-,26?,27-,28?/m1/s1. The molecule has 4 atom stereocenters. The Bertz CT molecular complexity index is 1700. The molecule has 11 nitrogen and oxygen atoms in total. The molecule has 5 aliphatic heterocycles. The van der Waals surface area contributed by atoms with Gasteiger partial charge in [-0.1, -0.05) is 26.0 Å². The minimum Gasteiger partial charge on any atom is -0.389 e. The van der Waals surface area contributed by atoms with E-state index in [4.69, 9.17) is 9.84 Å². The second kappa shape index (κ2) is 12.1. The molecule has 0 saturated carbocycles. The first-order valence-corrected chi connectivity index (χ1v) is 17.0. The van der Waals surface area contributed by atoms with Gasteiger partial charge in [-0.3, -0.25) is 14.6 Å². The third-order valence-electron chi connectivity index (χ3n) is 10.3. The lowest BCUT2D eigenvalue weighted by Crippen LogP contribution is -2.64. The minimum atomic E-state index is -1.16. The molecule has 2 bridgehead atoms. The van der Waals surface area contributed by atoms with Gasteiger partial charge in [-0.15, -0.1) is 5.10 Å². The summed E-state index contributed by atoms with van der Waals surface area (Å²) >= 11 is 0. The van der Waals surface area contributed by atoms with Crippen LogP contribution >= 0.6 is 0 Å². The van der Waals surface area contributed by atoms with Gasteiger partial charge < -0.3 is 20.1 Å². The molecule has 3 aromatic rings. The van der Waals surface area contributed by atoms with Gasteiger partial charge in [-0.2, -0.15) is 0 Å². The van der Waals surface area contributed by atoms with E-state index in [-0.39, 0.29) is 42.6 Å². The van der Waals surface area contributed by atoms with Crippen LogP contribution in [0, 0.1) is 5.82 Å². The molecule has 12 heteroatoms. The van der Waals surface area contributed by atoms with Gasteiger partial charge in [0, 0.05) is 68.2 Å². The largest absolute Gasteiger partial charge is 0.389 e. The van der Waals surface area contributed by atoms with E-state index in [2.05, 4.69) is 35.9 Å². The SMILES string of the molecule is C[C@@H]1CN(CC(=O)N2CC(C)(C)c3c2cc(Cc2ccc(F)cc2)c2nn(CC(C)(C)O)c(=O)n32)[C@@H](CN2CC3CCC2CO3)CN1. The minimum absolute atomic E-state index is 0.00318. The van der Waals surface area contributed by atoms with Crippen LogP contribution in [0.15, 0.2) is 35.1 Å². The molecular formula is C35H48FN7O4. The summed E-state index contributed by atoms with van der Waals surface area (Å²) < 4.78 is 22.7. The molecule has 1 amide bonds. The molecule has 2 N–H and O–H groups in total. The summed E-state index contributed by atoms with van der Waals surface area (Å²) in [6, 6.07) is 9.20. The van der Waals surface area contributed by atoms with Gasteiger partial charge in [-0.25, -0.2) is 18.3 Å². The lowest BCUT2D eigenvalue weighted by molar-refractivity contribution is -0.123. The van der Waals surface area contributed by atoms with E-state index in [1.807, 2.05) is 11.0 Å². The summed E-state index contributed by atoms with van der Waals surface area (Å²) in [5, 5.41) is 18.9. The van der Waals surface area contributed by atoms with E-state index in [1.54, 1.807) is 30.4 Å². The predicted molar refractivity (Wildman–Crippen MR) is 177 cm³/mol. The van der Waals surface area contributed by atoms with E-state index < -0.39 is 11.0 Å². The number of hydrogen-bond acceptors (Lipinski definition) is 8. The van der Waals surface area contributed by atoms with Gasteiger partial charge >= 0.3 is 5.69 Å². The molecule has 4 saturated heterocycles. The van der Waals surface area contributed by atoms with Crippen LogP contribution in [-0.4, -0.2) is 111 Å². The summed E-state index contributed by atoms with van der Waals surface area (Å²) in [5.41, 5.74) is 1.52. The molecule has 5 aliphatic rings. The number of fused-ring (bicyclic) bond motifs is 6. The lowest BCUT2D eigenvalue weighted by Gasteiger charge is -2.48. The van der Waals surface area contributed by atoms with Crippen LogP contribution in [0.25, 0.3) is 5.65 Å². The number of aromatic nitrogens is 3. The van der Waals surface area contributed by atoms with Crippen molar-refractivity contribution in [1.29, 1.82) is 0 Å². The quantitative estimate of drug-likeness (QED) is 0.383. The number of carbonyl (C=O) groups excluding carboxylic acids is 1. The fraction of sp³-hybridized carbons (Fsp3) is 0.629. The number of amides is 1. The monoisotopic (exact) mass is 649 g/mol. The lowest BCUT2D eigenvalue weighted by atomic mass is 9.90. The number of benzene rings is 1. The van der Waals surface area contributed by atoms with Crippen LogP contribution in [0.2, 0.25) is 0 Å². The fourth-order valence-corrected chi connectivity index (χ4v) is 8.08. The molecule has 4 fully saturated rings. The highest BCUT2D eigenvalue weighted by atomic mass is 19.1. The van der Waals surface area contributed by atoms with Crippen LogP contribution in [0.3, 0.4) is 0 Å². The van der Waals surface area contributed by atoms with E-state index in [0.717, 1.165) is 56.0 Å². The molecule has 7 heterocycles. The Morgan fingerprint density at radius 1 is 1.17 bits per heavy atom. The second-order valence-corrected chi connectivity index (χ2v) is 15.5. The van der Waals surface area contributed by atoms with Crippen molar-refractivity contribution >= 4 is 17.2 Å². The number of hydrogen-bond donors (Lipinski definition) is 2. The Morgan fingerprint density at radius 3 is 2.60 bits per heavy atom. The number of carbonyl (C=O) groups is 1. The van der Waals surface area contributed by atoms with Crippen molar-refractivity contribution in [2.24, 2.45) is 0 Å². The predicted octanol–water partition coefficient (Wildman–Crippen LogP) is 2.15. The van der Waals surface area contributed by atoms with Crippen LogP contribution < -0.4 is 15.9 Å². The summed E-state index contributed by atoms with van der Waals surface area (Å²) in [5.74, 6) is -0.317. The van der Waals surface area contributed by atoms with Gasteiger partial charge in [-0.05, 0) is 57.4 Å². The fourth-order valence-electron chi connectivity index (χ4n) is 8.08. The number of nitrogens with zero attached hydrogens (tertiary/aromatic N) is 6. The number of aliphatic hydroxyl groups is 1. The zero-order valence-electron chi connectivity index (χ0n) is 28.2. The Morgan fingerprint density at radius 2 is 1.94 bits per heavy atom. The zero-order valence-corrected chi connectivity index (χ0v) is 28.2. The number of anilines is 1. The molecule has 47 heavy (non-hydrogen) atoms. The van der Waals surface area contributed by atoms with E-state index in [9.17, 15) is 19.1 Å². The molecule has 2 aromatic heterocycles. The van der Waals surface area contributed by atoms with Gasteiger partial charge in [0.2, 0.25) is 5.91 Å². The van der Waals surface area contributed by atoms with Crippen molar-refractivity contribution in [3.8, 4) is 0 Å². The maximum Gasteiger partial charge on any atom is 0.350 e. The Labute approximate surface area is 275 Å². The highest BCUT2D eigenvalue weighted by Crippen LogP contribution is 2.42. The van der Waals surface area contributed by atoms with Crippen molar-refractivity contribution in [2.75, 3.05) is 50.8 Å². The molecule has 0 aliphatic carbocycles. The first-order valence-electron chi connectivity index (χ1n) is 17.0. The maximum atomic E-state index is 14.4. The number of piperidine rings is 1. The third kappa shape index (κ3) is 6.38. The Kier molecular flexibility index (Phi) is 8.31. The van der Waals surface area contributed by atoms with Gasteiger partial charge in [0.15, 0.2) is 5.65 Å². The first kappa shape index (κ1) is 32.4. The van der Waals surface area contributed by atoms with E-state index in [0.29, 0.717) is 36.4 Å². The Balaban J connectivity index is 1.23. The van der Waals surface area contributed by atoms with Crippen LogP contribution in [-0.2, 0) is 27.9 Å². The zero-order chi connectivity index (χ0) is 33.2. The van der Waals surface area contributed by atoms with Gasteiger partial charge in [0.1, 0.15) is 5.82 Å².